The molecule has 0 radical (unpaired) electrons. The fourth-order valence-electron chi connectivity index (χ4n) is 3.45. The Hall–Kier alpha value is -2.58. The number of aryl methyl sites for hydroxylation is 1. The van der Waals surface area contributed by atoms with Crippen molar-refractivity contribution in [2.75, 3.05) is 26.7 Å². The third kappa shape index (κ3) is 6.21. The van der Waals surface area contributed by atoms with Crippen molar-refractivity contribution in [3.63, 3.8) is 0 Å². The van der Waals surface area contributed by atoms with Crippen molar-refractivity contribution in [2.24, 2.45) is 4.99 Å². The summed E-state index contributed by atoms with van der Waals surface area (Å²) in [4.78, 5) is 4.59. The molecule has 1 atom stereocenters. The Morgan fingerprint density at radius 1 is 1.10 bits per heavy atom. The van der Waals surface area contributed by atoms with Gasteiger partial charge in [0.1, 0.15) is 11.9 Å². The maximum atomic E-state index is 12.6. The normalized spacial score (nSPS) is 16.2. The summed E-state index contributed by atoms with van der Waals surface area (Å²) in [6, 6.07) is 15.0. The summed E-state index contributed by atoms with van der Waals surface area (Å²) in [5, 5.41) is 6.52. The van der Waals surface area contributed by atoms with Crippen LogP contribution < -0.4 is 15.4 Å². The number of aliphatic imine (C=N–C) groups is 1. The van der Waals surface area contributed by atoms with Crippen LogP contribution in [0.15, 0.2) is 58.4 Å². The molecule has 1 aliphatic rings. The highest BCUT2D eigenvalue weighted by atomic mass is 32.2. The Balaban J connectivity index is 1.48. The Morgan fingerprint density at radius 2 is 1.77 bits per heavy atom. The van der Waals surface area contributed by atoms with Crippen molar-refractivity contribution in [1.82, 2.24) is 14.9 Å². The lowest BCUT2D eigenvalue weighted by atomic mass is 10.2. The molecule has 0 aromatic heterocycles. The Kier molecular flexibility index (Phi) is 7.92. The highest BCUT2D eigenvalue weighted by Gasteiger charge is 2.26. The van der Waals surface area contributed by atoms with Gasteiger partial charge in [0.2, 0.25) is 10.0 Å². The van der Waals surface area contributed by atoms with Gasteiger partial charge in [-0.25, -0.2) is 8.42 Å². The molecule has 1 aliphatic heterocycles. The topological polar surface area (TPSA) is 83.0 Å². The van der Waals surface area contributed by atoms with E-state index in [-0.39, 0.29) is 6.10 Å². The van der Waals surface area contributed by atoms with Crippen LogP contribution in [0.4, 0.5) is 0 Å². The van der Waals surface area contributed by atoms with Gasteiger partial charge >= 0.3 is 0 Å². The van der Waals surface area contributed by atoms with Crippen molar-refractivity contribution >= 4 is 16.0 Å². The maximum Gasteiger partial charge on any atom is 0.243 e. The largest absolute Gasteiger partial charge is 0.489 e. The summed E-state index contributed by atoms with van der Waals surface area (Å²) >= 11 is 0. The average Bonchev–Trinajstić information content (AvgIpc) is 3.32. The van der Waals surface area contributed by atoms with Gasteiger partial charge in [-0.15, -0.1) is 0 Å². The number of benzene rings is 2. The van der Waals surface area contributed by atoms with Gasteiger partial charge in [0.15, 0.2) is 5.96 Å². The van der Waals surface area contributed by atoms with Crippen LogP contribution in [0, 0.1) is 6.92 Å². The van der Waals surface area contributed by atoms with Crippen molar-refractivity contribution < 1.29 is 13.2 Å². The second-order valence-corrected chi connectivity index (χ2v) is 9.69. The molecule has 7 nitrogen and oxygen atoms in total. The molecule has 2 aromatic rings. The molecular weight excluding hydrogens is 412 g/mol. The monoisotopic (exact) mass is 444 g/mol. The molecule has 0 aliphatic carbocycles. The highest BCUT2D eigenvalue weighted by Crippen LogP contribution is 2.21. The summed E-state index contributed by atoms with van der Waals surface area (Å²) < 4.78 is 32.8. The van der Waals surface area contributed by atoms with E-state index >= 15 is 0 Å². The first kappa shape index (κ1) is 23.1. The van der Waals surface area contributed by atoms with E-state index in [4.69, 9.17) is 4.74 Å². The van der Waals surface area contributed by atoms with Crippen LogP contribution in [0.1, 0.15) is 30.9 Å². The molecule has 31 heavy (non-hydrogen) atoms. The van der Waals surface area contributed by atoms with Gasteiger partial charge in [0, 0.05) is 26.7 Å². The first-order valence-corrected chi connectivity index (χ1v) is 12.1. The first-order chi connectivity index (χ1) is 14.9. The predicted molar refractivity (Wildman–Crippen MR) is 124 cm³/mol. The number of hydrogen-bond acceptors (Lipinski definition) is 4. The van der Waals surface area contributed by atoms with E-state index in [0.717, 1.165) is 29.7 Å². The molecule has 0 bridgehead atoms. The standard InChI is InChI=1S/C23H32N4O3S/c1-18-8-4-5-9-22(18)30-19(2)16-25-23(24-3)26-17-20-10-12-21(13-11-20)31(28,29)27-14-6-7-15-27/h4-5,8-13,19H,6-7,14-17H2,1-3H3,(H2,24,25,26). The minimum Gasteiger partial charge on any atom is -0.489 e. The smallest absolute Gasteiger partial charge is 0.243 e. The van der Waals surface area contributed by atoms with Gasteiger partial charge in [0.25, 0.3) is 0 Å². The van der Waals surface area contributed by atoms with Gasteiger partial charge in [0.05, 0.1) is 11.4 Å². The minimum atomic E-state index is -3.38. The number of guanidine groups is 1. The molecule has 8 heteroatoms. The second kappa shape index (κ2) is 10.6. The number of sulfonamides is 1. The second-order valence-electron chi connectivity index (χ2n) is 7.76. The van der Waals surface area contributed by atoms with E-state index in [1.165, 1.54) is 0 Å². The summed E-state index contributed by atoms with van der Waals surface area (Å²) in [5.41, 5.74) is 2.08. The van der Waals surface area contributed by atoms with Gasteiger partial charge in [-0.05, 0) is 56.0 Å². The maximum absolute atomic E-state index is 12.6. The third-order valence-corrected chi connectivity index (χ3v) is 7.20. The number of rotatable bonds is 8. The van der Waals surface area contributed by atoms with Gasteiger partial charge in [-0.3, -0.25) is 4.99 Å². The van der Waals surface area contributed by atoms with E-state index in [2.05, 4.69) is 15.6 Å². The molecule has 168 valence electrons. The van der Waals surface area contributed by atoms with Crippen molar-refractivity contribution in [3.8, 4) is 5.75 Å². The zero-order valence-corrected chi connectivity index (χ0v) is 19.3. The van der Waals surface area contributed by atoms with Gasteiger partial charge in [-0.1, -0.05) is 30.3 Å². The molecule has 2 aromatic carbocycles. The lowest BCUT2D eigenvalue weighted by molar-refractivity contribution is 0.222. The molecule has 3 rings (SSSR count). The van der Waals surface area contributed by atoms with Gasteiger partial charge < -0.3 is 15.4 Å². The minimum absolute atomic E-state index is 0.0327. The predicted octanol–water partition coefficient (Wildman–Crippen LogP) is 2.91. The number of nitrogens with one attached hydrogen (secondary N) is 2. The van der Waals surface area contributed by atoms with Crippen LogP contribution in [-0.2, 0) is 16.6 Å². The van der Waals surface area contributed by atoms with Gasteiger partial charge in [-0.2, -0.15) is 4.31 Å². The number of hydrogen-bond donors (Lipinski definition) is 2. The summed E-state index contributed by atoms with van der Waals surface area (Å²) in [7, 11) is -1.66. The van der Waals surface area contributed by atoms with Crippen molar-refractivity contribution in [2.45, 2.75) is 44.2 Å². The molecule has 1 unspecified atom stereocenters. The zero-order chi connectivity index (χ0) is 22.3. The van der Waals surface area contributed by atoms with E-state index < -0.39 is 10.0 Å². The summed E-state index contributed by atoms with van der Waals surface area (Å²) in [6.07, 6.45) is 1.83. The molecule has 0 saturated carbocycles. The Labute approximate surface area is 185 Å². The summed E-state index contributed by atoms with van der Waals surface area (Å²) in [6.45, 7) is 6.39. The zero-order valence-electron chi connectivity index (χ0n) is 18.5. The van der Waals surface area contributed by atoms with Crippen LogP contribution in [-0.4, -0.2) is 51.5 Å². The lowest BCUT2D eigenvalue weighted by Crippen LogP contribution is -2.41. The van der Waals surface area contributed by atoms with Crippen LogP contribution in [0.5, 0.6) is 5.75 Å². The number of ether oxygens (including phenoxy) is 1. The van der Waals surface area contributed by atoms with Crippen molar-refractivity contribution in [1.29, 1.82) is 0 Å². The third-order valence-electron chi connectivity index (χ3n) is 5.29. The van der Waals surface area contributed by atoms with E-state index in [1.807, 2.05) is 50.2 Å². The molecule has 1 saturated heterocycles. The quantitative estimate of drug-likeness (QED) is 0.483. The van der Waals surface area contributed by atoms with E-state index in [9.17, 15) is 8.42 Å². The molecule has 0 amide bonds. The Bertz CT molecular complexity index is 984. The van der Waals surface area contributed by atoms with E-state index in [0.29, 0.717) is 37.0 Å². The van der Waals surface area contributed by atoms with Crippen LogP contribution in [0.3, 0.4) is 0 Å². The van der Waals surface area contributed by atoms with Crippen molar-refractivity contribution in [3.05, 3.63) is 59.7 Å². The fourth-order valence-corrected chi connectivity index (χ4v) is 4.97. The van der Waals surface area contributed by atoms with E-state index in [1.54, 1.807) is 23.5 Å². The van der Waals surface area contributed by atoms with Crippen LogP contribution in [0.25, 0.3) is 0 Å². The van der Waals surface area contributed by atoms with Crippen LogP contribution >= 0.6 is 0 Å². The molecular formula is C23H32N4O3S. The number of nitrogens with zero attached hydrogens (tertiary/aromatic N) is 2. The number of para-hydroxylation sites is 1. The molecule has 1 heterocycles. The molecule has 2 N–H and O–H groups in total. The SMILES string of the molecule is CN=C(NCc1ccc(S(=O)(=O)N2CCCC2)cc1)NCC(C)Oc1ccccc1C. The van der Waals surface area contributed by atoms with Crippen LogP contribution in [0.2, 0.25) is 0 Å². The average molecular weight is 445 g/mol. The molecule has 1 fully saturated rings. The first-order valence-electron chi connectivity index (χ1n) is 10.7. The Morgan fingerprint density at radius 3 is 2.42 bits per heavy atom. The summed E-state index contributed by atoms with van der Waals surface area (Å²) in [5.74, 6) is 1.54. The fraction of sp³-hybridized carbons (Fsp3) is 0.435. The lowest BCUT2D eigenvalue weighted by Gasteiger charge is -2.19. The highest BCUT2D eigenvalue weighted by molar-refractivity contribution is 7.89. The molecule has 0 spiro atoms.